The number of amidine groups is 1. The number of aromatic nitrogens is 1. The molecule has 27 heavy (non-hydrogen) atoms. The van der Waals surface area contributed by atoms with Gasteiger partial charge in [-0.25, -0.2) is 9.80 Å². The van der Waals surface area contributed by atoms with Crippen LogP contribution in [0.1, 0.15) is 45.9 Å². The third kappa shape index (κ3) is 3.68. The fourth-order valence-electron chi connectivity index (χ4n) is 3.22. The van der Waals surface area contributed by atoms with Crippen LogP contribution in [0.3, 0.4) is 0 Å². The predicted octanol–water partition coefficient (Wildman–Crippen LogP) is 4.77. The van der Waals surface area contributed by atoms with Crippen LogP contribution in [0.4, 0.5) is 4.79 Å². The molecule has 0 bridgehead atoms. The Morgan fingerprint density at radius 3 is 2.26 bits per heavy atom. The van der Waals surface area contributed by atoms with Crippen molar-refractivity contribution in [1.82, 2.24) is 14.5 Å². The number of likely N-dealkylation sites (N-methyl/N-ethyl adjacent to an activating group) is 1. The third-order valence-electron chi connectivity index (χ3n) is 4.68. The van der Waals surface area contributed by atoms with Crippen molar-refractivity contribution in [3.05, 3.63) is 59.9 Å². The summed E-state index contributed by atoms with van der Waals surface area (Å²) in [5, 5.41) is 6.50. The zero-order valence-electron chi connectivity index (χ0n) is 16.8. The lowest BCUT2D eigenvalue weighted by Gasteiger charge is -2.35. The van der Waals surface area contributed by atoms with Crippen molar-refractivity contribution in [3.8, 4) is 0 Å². The maximum Gasteiger partial charge on any atom is 0.349 e. The van der Waals surface area contributed by atoms with E-state index in [9.17, 15) is 4.79 Å². The number of rotatable bonds is 3. The van der Waals surface area contributed by atoms with Crippen LogP contribution in [-0.2, 0) is 0 Å². The second kappa shape index (κ2) is 7.43. The van der Waals surface area contributed by atoms with Gasteiger partial charge in [0, 0.05) is 24.9 Å². The Bertz CT molecular complexity index is 867. The number of carbonyl (C=O) groups excluding carboxylic acids is 1. The molecule has 1 aliphatic rings. The molecule has 0 fully saturated rings. The van der Waals surface area contributed by atoms with Gasteiger partial charge in [-0.05, 0) is 58.4 Å². The average Bonchev–Trinajstić information content (AvgIpc) is 3.09. The first-order valence-electron chi connectivity index (χ1n) is 9.49. The van der Waals surface area contributed by atoms with E-state index in [0.29, 0.717) is 0 Å². The lowest BCUT2D eigenvalue weighted by molar-refractivity contribution is 0.148. The van der Waals surface area contributed by atoms with Gasteiger partial charge in [-0.3, -0.25) is 4.57 Å². The predicted molar refractivity (Wildman–Crippen MR) is 111 cm³/mol. The van der Waals surface area contributed by atoms with Crippen molar-refractivity contribution in [2.75, 3.05) is 13.1 Å². The summed E-state index contributed by atoms with van der Waals surface area (Å²) in [7, 11) is 0. The van der Waals surface area contributed by atoms with E-state index in [0.717, 1.165) is 35.8 Å². The van der Waals surface area contributed by atoms with E-state index in [1.54, 1.807) is 15.8 Å². The molecular formula is C22H28N4O. The fourth-order valence-corrected chi connectivity index (χ4v) is 3.22. The van der Waals surface area contributed by atoms with Crippen LogP contribution in [0.5, 0.6) is 0 Å². The lowest BCUT2D eigenvalue weighted by atomic mass is 10.0. The summed E-state index contributed by atoms with van der Waals surface area (Å²) in [6.07, 6.45) is 3.86. The molecule has 0 saturated heterocycles. The maximum absolute atomic E-state index is 13.2. The standard InChI is InChI=1S/C22H28N4O/c1-6-24(7-2)20-19(17-12-9-8-10-13-17)16-18-14-11-15-25(18)21(27)26(23-20)22(3,4)5/h8-16H,6-7H2,1-5H3/b19-16-,23-20+. The van der Waals surface area contributed by atoms with Crippen LogP contribution in [0.2, 0.25) is 0 Å². The first kappa shape index (κ1) is 19.0. The van der Waals surface area contributed by atoms with Crippen LogP contribution in [0.15, 0.2) is 53.8 Å². The minimum Gasteiger partial charge on any atom is -0.355 e. The third-order valence-corrected chi connectivity index (χ3v) is 4.68. The van der Waals surface area contributed by atoms with Gasteiger partial charge in [-0.15, -0.1) is 5.10 Å². The number of amides is 1. The summed E-state index contributed by atoms with van der Waals surface area (Å²) in [5.41, 5.74) is 2.50. The van der Waals surface area contributed by atoms with Gasteiger partial charge in [-0.1, -0.05) is 30.3 Å². The molecule has 3 rings (SSSR count). The van der Waals surface area contributed by atoms with Crippen molar-refractivity contribution in [2.45, 2.75) is 40.2 Å². The lowest BCUT2D eigenvalue weighted by Crippen LogP contribution is -2.47. The molecule has 1 aliphatic heterocycles. The quantitative estimate of drug-likeness (QED) is 0.787. The molecule has 5 heteroatoms. The minimum absolute atomic E-state index is 0.143. The van der Waals surface area contributed by atoms with Crippen molar-refractivity contribution in [3.63, 3.8) is 0 Å². The van der Waals surface area contributed by atoms with Gasteiger partial charge in [0.25, 0.3) is 0 Å². The fraction of sp³-hybridized carbons (Fsp3) is 0.364. The molecule has 1 aromatic heterocycles. The van der Waals surface area contributed by atoms with Crippen LogP contribution in [-0.4, -0.2) is 45.0 Å². The van der Waals surface area contributed by atoms with Gasteiger partial charge in [0.2, 0.25) is 0 Å². The molecule has 0 atom stereocenters. The monoisotopic (exact) mass is 364 g/mol. The number of carbonyl (C=O) groups is 1. The Morgan fingerprint density at radius 2 is 1.67 bits per heavy atom. The van der Waals surface area contributed by atoms with E-state index in [1.807, 2.05) is 51.1 Å². The van der Waals surface area contributed by atoms with E-state index in [2.05, 4.69) is 37.0 Å². The van der Waals surface area contributed by atoms with Crippen LogP contribution in [0.25, 0.3) is 11.6 Å². The van der Waals surface area contributed by atoms with Crippen LogP contribution < -0.4 is 0 Å². The number of fused-ring (bicyclic) bond motifs is 1. The van der Waals surface area contributed by atoms with Crippen molar-refractivity contribution < 1.29 is 4.79 Å². The number of hydrogen-bond acceptors (Lipinski definition) is 3. The molecule has 0 saturated carbocycles. The second-order valence-corrected chi connectivity index (χ2v) is 7.59. The summed E-state index contributed by atoms with van der Waals surface area (Å²) in [4.78, 5) is 15.4. The molecule has 1 amide bonds. The van der Waals surface area contributed by atoms with E-state index in [1.165, 1.54) is 0 Å². The molecule has 0 radical (unpaired) electrons. The summed E-state index contributed by atoms with van der Waals surface area (Å²) in [5.74, 6) is 0.821. The summed E-state index contributed by atoms with van der Waals surface area (Å²) < 4.78 is 1.66. The van der Waals surface area contributed by atoms with E-state index in [4.69, 9.17) is 5.10 Å². The Kier molecular flexibility index (Phi) is 5.22. The number of hydrazone groups is 1. The van der Waals surface area contributed by atoms with E-state index < -0.39 is 5.54 Å². The minimum atomic E-state index is -0.448. The Morgan fingerprint density at radius 1 is 1.00 bits per heavy atom. The summed E-state index contributed by atoms with van der Waals surface area (Å²) in [6, 6.07) is 14.0. The van der Waals surface area contributed by atoms with Gasteiger partial charge in [0.15, 0.2) is 5.84 Å². The van der Waals surface area contributed by atoms with Gasteiger partial charge >= 0.3 is 6.03 Å². The highest BCUT2D eigenvalue weighted by Gasteiger charge is 2.32. The highest BCUT2D eigenvalue weighted by molar-refractivity contribution is 6.27. The average molecular weight is 364 g/mol. The Labute approximate surface area is 161 Å². The molecule has 1 aromatic carbocycles. The highest BCUT2D eigenvalue weighted by Crippen LogP contribution is 2.27. The molecule has 5 nitrogen and oxygen atoms in total. The topological polar surface area (TPSA) is 40.8 Å². The van der Waals surface area contributed by atoms with Crippen molar-refractivity contribution >= 4 is 23.5 Å². The molecule has 0 N–H and O–H groups in total. The Balaban J connectivity index is 2.31. The first-order chi connectivity index (χ1) is 12.9. The highest BCUT2D eigenvalue weighted by atomic mass is 16.2. The number of hydrogen-bond donors (Lipinski definition) is 0. The van der Waals surface area contributed by atoms with Gasteiger partial charge < -0.3 is 4.90 Å². The Hall–Kier alpha value is -2.82. The molecule has 2 heterocycles. The number of benzene rings is 1. The molecule has 0 unspecified atom stereocenters. The maximum atomic E-state index is 13.2. The molecule has 2 aromatic rings. The first-order valence-corrected chi connectivity index (χ1v) is 9.49. The molecular weight excluding hydrogens is 336 g/mol. The normalized spacial score (nSPS) is 18.7. The zero-order valence-corrected chi connectivity index (χ0v) is 16.8. The SMILES string of the molecule is CCN(CC)C1=N/N(C(C)(C)C)C(=O)n2cccc2/C=C\1c1ccccc1. The summed E-state index contributed by atoms with van der Waals surface area (Å²) in [6.45, 7) is 11.9. The van der Waals surface area contributed by atoms with Crippen molar-refractivity contribution in [2.24, 2.45) is 5.10 Å². The number of nitrogens with zero attached hydrogens (tertiary/aromatic N) is 4. The zero-order chi connectivity index (χ0) is 19.6. The van der Waals surface area contributed by atoms with Crippen LogP contribution >= 0.6 is 0 Å². The smallest absolute Gasteiger partial charge is 0.349 e. The largest absolute Gasteiger partial charge is 0.355 e. The van der Waals surface area contributed by atoms with Gasteiger partial charge in [0.1, 0.15) is 0 Å². The van der Waals surface area contributed by atoms with E-state index in [-0.39, 0.29) is 6.03 Å². The summed E-state index contributed by atoms with van der Waals surface area (Å²) >= 11 is 0. The molecule has 142 valence electrons. The molecule has 0 aliphatic carbocycles. The second-order valence-electron chi connectivity index (χ2n) is 7.59. The van der Waals surface area contributed by atoms with Gasteiger partial charge in [-0.2, -0.15) is 0 Å². The van der Waals surface area contributed by atoms with E-state index >= 15 is 0 Å². The van der Waals surface area contributed by atoms with Gasteiger partial charge in [0.05, 0.1) is 11.2 Å². The van der Waals surface area contributed by atoms with Crippen molar-refractivity contribution in [1.29, 1.82) is 0 Å². The van der Waals surface area contributed by atoms with Crippen LogP contribution in [0, 0.1) is 0 Å². The molecule has 0 spiro atoms.